The Kier molecular flexibility index (Phi) is 7.65. The molecule has 0 bridgehead atoms. The van der Waals surface area contributed by atoms with Crippen molar-refractivity contribution in [2.24, 2.45) is 0 Å². The van der Waals surface area contributed by atoms with Gasteiger partial charge in [-0.1, -0.05) is 31.5 Å². The van der Waals surface area contributed by atoms with Crippen molar-refractivity contribution >= 4 is 21.7 Å². The van der Waals surface area contributed by atoms with E-state index >= 15 is 0 Å². The van der Waals surface area contributed by atoms with E-state index in [0.29, 0.717) is 18.7 Å². The summed E-state index contributed by atoms with van der Waals surface area (Å²) in [5, 5.41) is 0. The van der Waals surface area contributed by atoms with Crippen LogP contribution in [0.5, 0.6) is 5.75 Å². The Balaban J connectivity index is 1.85. The Morgan fingerprint density at radius 2 is 1.96 bits per heavy atom. The Labute approximate surface area is 160 Å². The predicted molar refractivity (Wildman–Crippen MR) is 101 cm³/mol. The van der Waals surface area contributed by atoms with E-state index in [1.54, 1.807) is 17.0 Å². The third kappa shape index (κ3) is 6.53. The van der Waals surface area contributed by atoms with E-state index in [9.17, 15) is 18.0 Å². The minimum absolute atomic E-state index is 0.0210. The molecule has 1 aliphatic heterocycles. The zero-order valence-electron chi connectivity index (χ0n) is 15.8. The van der Waals surface area contributed by atoms with Crippen LogP contribution in [0.4, 0.5) is 0 Å². The van der Waals surface area contributed by atoms with Crippen LogP contribution in [0.1, 0.15) is 31.7 Å². The van der Waals surface area contributed by atoms with Gasteiger partial charge in [-0.3, -0.25) is 4.79 Å². The normalized spacial score (nSPS) is 18.1. The fourth-order valence-corrected chi connectivity index (χ4v) is 4.71. The molecular weight excluding hydrogens is 370 g/mol. The molecule has 1 saturated heterocycles. The Hall–Kier alpha value is -2.09. The number of nitrogens with zero attached hydrogens (tertiary/aromatic N) is 1. The first kappa shape index (κ1) is 21.2. The largest absolute Gasteiger partial charge is 0.482 e. The molecule has 7 nitrogen and oxygen atoms in total. The number of aryl methyl sites for hydroxylation is 1. The second-order valence-electron chi connectivity index (χ2n) is 6.71. The lowest BCUT2D eigenvalue weighted by Gasteiger charge is -2.28. The molecule has 0 spiro atoms. The lowest BCUT2D eigenvalue weighted by atomic mass is 10.2. The number of hydrogen-bond donors (Lipinski definition) is 0. The highest BCUT2D eigenvalue weighted by atomic mass is 32.2. The molecule has 0 saturated carbocycles. The molecule has 2 rings (SSSR count). The molecule has 1 fully saturated rings. The molecule has 1 atom stereocenters. The maximum Gasteiger partial charge on any atom is 0.344 e. The summed E-state index contributed by atoms with van der Waals surface area (Å²) in [5.41, 5.74) is 0.898. The summed E-state index contributed by atoms with van der Waals surface area (Å²) in [4.78, 5) is 25.9. The highest BCUT2D eigenvalue weighted by Gasteiger charge is 2.34. The van der Waals surface area contributed by atoms with Gasteiger partial charge in [0.1, 0.15) is 5.75 Å². The fraction of sp³-hybridized carbons (Fsp3) is 0.579. The van der Waals surface area contributed by atoms with Crippen molar-refractivity contribution in [3.8, 4) is 5.75 Å². The number of para-hydroxylation sites is 1. The first-order chi connectivity index (χ1) is 12.8. The molecule has 0 aromatic heterocycles. The molecule has 1 aromatic rings. The first-order valence-corrected chi connectivity index (χ1v) is 11.0. The van der Waals surface area contributed by atoms with Crippen LogP contribution in [-0.4, -0.2) is 62.5 Å². The fourth-order valence-electron chi connectivity index (χ4n) is 2.98. The molecule has 150 valence electrons. The van der Waals surface area contributed by atoms with Gasteiger partial charge in [-0.15, -0.1) is 0 Å². The van der Waals surface area contributed by atoms with Gasteiger partial charge < -0.3 is 14.4 Å². The van der Waals surface area contributed by atoms with Gasteiger partial charge in [0.05, 0.1) is 11.5 Å². The molecule has 1 aliphatic rings. The zero-order chi connectivity index (χ0) is 19.9. The summed E-state index contributed by atoms with van der Waals surface area (Å²) in [6, 6.07) is 6.95. The summed E-state index contributed by atoms with van der Waals surface area (Å²) in [6.07, 6.45) is 2.09. The molecule has 0 radical (unpaired) electrons. The standard InChI is InChI=1S/C19H27NO6S/c1-3-4-10-20(16-9-11-27(23,24)14-16)18(21)12-26-19(22)13-25-17-8-6-5-7-15(17)2/h5-8,16H,3-4,9-14H2,1-2H3. The molecular formula is C19H27NO6S. The lowest BCUT2D eigenvalue weighted by molar-refractivity contribution is -0.154. The van der Waals surface area contributed by atoms with E-state index in [1.807, 2.05) is 26.0 Å². The third-order valence-corrected chi connectivity index (χ3v) is 6.27. The average Bonchev–Trinajstić information content (AvgIpc) is 2.99. The minimum Gasteiger partial charge on any atom is -0.482 e. The van der Waals surface area contributed by atoms with Crippen LogP contribution in [0.25, 0.3) is 0 Å². The van der Waals surface area contributed by atoms with E-state index < -0.39 is 22.4 Å². The number of esters is 1. The molecule has 0 aliphatic carbocycles. The van der Waals surface area contributed by atoms with Gasteiger partial charge in [0, 0.05) is 12.6 Å². The van der Waals surface area contributed by atoms with Crippen LogP contribution < -0.4 is 4.74 Å². The predicted octanol–water partition coefficient (Wildman–Crippen LogP) is 1.73. The number of unbranched alkanes of at least 4 members (excludes halogenated alkanes) is 1. The number of sulfone groups is 1. The van der Waals surface area contributed by atoms with Crippen LogP contribution in [0.3, 0.4) is 0 Å². The Morgan fingerprint density at radius 1 is 1.22 bits per heavy atom. The number of hydrogen-bond acceptors (Lipinski definition) is 6. The second kappa shape index (κ2) is 9.73. The van der Waals surface area contributed by atoms with Crippen LogP contribution in [-0.2, 0) is 24.2 Å². The van der Waals surface area contributed by atoms with Crippen molar-refractivity contribution in [3.05, 3.63) is 29.8 Å². The number of carbonyl (C=O) groups is 2. The summed E-state index contributed by atoms with van der Waals surface area (Å²) in [6.45, 7) is 3.64. The lowest BCUT2D eigenvalue weighted by Crippen LogP contribution is -2.44. The van der Waals surface area contributed by atoms with Gasteiger partial charge >= 0.3 is 5.97 Å². The summed E-state index contributed by atoms with van der Waals surface area (Å²) < 4.78 is 33.9. The summed E-state index contributed by atoms with van der Waals surface area (Å²) >= 11 is 0. The first-order valence-electron chi connectivity index (χ1n) is 9.16. The SMILES string of the molecule is CCCCN(C(=O)COC(=O)COc1ccccc1C)C1CCS(=O)(=O)C1. The van der Waals surface area contributed by atoms with E-state index in [0.717, 1.165) is 18.4 Å². The topological polar surface area (TPSA) is 90.0 Å². The minimum atomic E-state index is -3.10. The highest BCUT2D eigenvalue weighted by molar-refractivity contribution is 7.91. The van der Waals surface area contributed by atoms with Crippen LogP contribution in [0.2, 0.25) is 0 Å². The monoisotopic (exact) mass is 397 g/mol. The van der Waals surface area contributed by atoms with Crippen molar-refractivity contribution in [2.45, 2.75) is 39.2 Å². The van der Waals surface area contributed by atoms with Crippen molar-refractivity contribution in [1.29, 1.82) is 0 Å². The van der Waals surface area contributed by atoms with Gasteiger partial charge in [0.25, 0.3) is 5.91 Å². The quantitative estimate of drug-likeness (QED) is 0.590. The summed E-state index contributed by atoms with van der Waals surface area (Å²) in [7, 11) is -3.10. The third-order valence-electron chi connectivity index (χ3n) is 4.52. The number of benzene rings is 1. The van der Waals surface area contributed by atoms with Gasteiger partial charge in [-0.05, 0) is 31.4 Å². The number of rotatable bonds is 9. The highest BCUT2D eigenvalue weighted by Crippen LogP contribution is 2.19. The molecule has 1 amide bonds. The van der Waals surface area contributed by atoms with Crippen molar-refractivity contribution in [1.82, 2.24) is 4.90 Å². The number of ether oxygens (including phenoxy) is 2. The molecule has 27 heavy (non-hydrogen) atoms. The van der Waals surface area contributed by atoms with E-state index in [2.05, 4.69) is 0 Å². The molecule has 8 heteroatoms. The smallest absolute Gasteiger partial charge is 0.344 e. The van der Waals surface area contributed by atoms with Crippen LogP contribution in [0.15, 0.2) is 24.3 Å². The van der Waals surface area contributed by atoms with Crippen molar-refractivity contribution in [2.75, 3.05) is 31.3 Å². The Morgan fingerprint density at radius 3 is 2.59 bits per heavy atom. The van der Waals surface area contributed by atoms with Gasteiger partial charge in [0.15, 0.2) is 23.1 Å². The van der Waals surface area contributed by atoms with E-state index in [1.165, 1.54) is 0 Å². The zero-order valence-corrected chi connectivity index (χ0v) is 16.7. The van der Waals surface area contributed by atoms with E-state index in [4.69, 9.17) is 9.47 Å². The summed E-state index contributed by atoms with van der Waals surface area (Å²) in [5.74, 6) is -0.345. The molecule has 1 aromatic carbocycles. The molecule has 1 heterocycles. The number of amides is 1. The van der Waals surface area contributed by atoms with Gasteiger partial charge in [-0.2, -0.15) is 0 Å². The van der Waals surface area contributed by atoms with Crippen LogP contribution in [0, 0.1) is 6.92 Å². The van der Waals surface area contributed by atoms with Gasteiger partial charge in [0.2, 0.25) is 0 Å². The van der Waals surface area contributed by atoms with E-state index in [-0.39, 0.29) is 30.1 Å². The number of carbonyl (C=O) groups excluding carboxylic acids is 2. The van der Waals surface area contributed by atoms with Crippen molar-refractivity contribution < 1.29 is 27.5 Å². The maximum atomic E-state index is 12.5. The molecule has 0 N–H and O–H groups in total. The Bertz CT molecular complexity index is 761. The van der Waals surface area contributed by atoms with Crippen molar-refractivity contribution in [3.63, 3.8) is 0 Å². The second-order valence-corrected chi connectivity index (χ2v) is 8.94. The average molecular weight is 397 g/mol. The van der Waals surface area contributed by atoms with Gasteiger partial charge in [-0.25, -0.2) is 13.2 Å². The maximum absolute atomic E-state index is 12.5. The molecule has 1 unspecified atom stereocenters. The van der Waals surface area contributed by atoms with Crippen LogP contribution >= 0.6 is 0 Å².